The van der Waals surface area contributed by atoms with Gasteiger partial charge in [-0.15, -0.1) is 0 Å². The molecule has 7 amide bonds. The second-order valence-corrected chi connectivity index (χ2v) is 21.3. The Balaban J connectivity index is 0.932. The van der Waals surface area contributed by atoms with Gasteiger partial charge in [0.1, 0.15) is 11.5 Å². The largest absolute Gasteiger partial charge is 0.441 e. The van der Waals surface area contributed by atoms with Crippen LogP contribution in [0, 0.1) is 25.7 Å². The summed E-state index contributed by atoms with van der Waals surface area (Å²) in [7, 11) is -3.64. The first kappa shape index (κ1) is 60.3. The van der Waals surface area contributed by atoms with Crippen molar-refractivity contribution in [3.8, 4) is 11.5 Å². The zero-order valence-electron chi connectivity index (χ0n) is 44.9. The van der Waals surface area contributed by atoms with E-state index >= 15 is 0 Å². The molecule has 0 saturated carbocycles. The minimum absolute atomic E-state index is 0.00835. The summed E-state index contributed by atoms with van der Waals surface area (Å²) in [5.74, 6) is -2.87. The number of nitrogens with two attached hydrogens (primary N) is 1. The molecule has 3 aromatic carbocycles. The van der Waals surface area contributed by atoms with E-state index in [9.17, 15) is 42.0 Å². The summed E-state index contributed by atoms with van der Waals surface area (Å²) in [4.78, 5) is 93.9. The maximum Gasteiger partial charge on any atom is 0.312 e. The highest BCUT2D eigenvalue weighted by Crippen LogP contribution is 2.26. The number of sulfone groups is 1. The van der Waals surface area contributed by atoms with Gasteiger partial charge >= 0.3 is 6.03 Å². The van der Waals surface area contributed by atoms with Crippen LogP contribution in [0.5, 0.6) is 0 Å². The number of oxazole rings is 1. The third-order valence-corrected chi connectivity index (χ3v) is 14.4. The number of nitrogens with zero attached hydrogens (tertiary/aromatic N) is 3. The number of aromatic nitrogens is 2. The summed E-state index contributed by atoms with van der Waals surface area (Å²) in [5.41, 5.74) is 9.80. The summed E-state index contributed by atoms with van der Waals surface area (Å²) in [6.07, 6.45) is 6.70. The molecule has 0 fully saturated rings. The fraction of sp³-hybridized carbons (Fsp3) is 0.386. The molecule has 420 valence electrons. The highest BCUT2D eigenvalue weighted by atomic mass is 32.2. The van der Waals surface area contributed by atoms with Crippen molar-refractivity contribution >= 4 is 56.9 Å². The lowest BCUT2D eigenvalue weighted by Gasteiger charge is -2.24. The van der Waals surface area contributed by atoms with Crippen molar-refractivity contribution in [2.24, 2.45) is 17.6 Å². The average molecular weight is 1110 g/mol. The Hall–Kier alpha value is -7.92. The van der Waals surface area contributed by atoms with E-state index in [-0.39, 0.29) is 124 Å². The fourth-order valence-corrected chi connectivity index (χ4v) is 9.65. The third kappa shape index (κ3) is 19.2. The van der Waals surface area contributed by atoms with Gasteiger partial charge in [0.15, 0.2) is 34.6 Å². The standard InChI is InChI=1S/C57H68N8O13S/c1-38(2)53(63-50(67)23-27-75-29-31-77-32-30-76-28-26-65-51(68)21-22-52(65)69)49(66)33-45(8-5-24-59-57(58)72)55(71)61-46-17-11-41(12-18-46)35-64-25-6-7-42(36-64)34-60-54(70)43-13-15-44(16-14-43)56-62-48(40(4)78-56)37-79(73,74)47-19-9-39(3)10-20-47/h6-7,9-22,25,36,38,45,53H,5,8,23-24,26-35,37H2,1-4H3,(H5-,58,59,60,61,63,67,70,71,72)/p+1/t45-,53+/m1/s1. The Morgan fingerprint density at radius 1 is 0.797 bits per heavy atom. The van der Waals surface area contributed by atoms with Gasteiger partial charge in [0.25, 0.3) is 17.7 Å². The number of rotatable bonds is 32. The second kappa shape index (κ2) is 29.7. The Morgan fingerprint density at radius 2 is 1.46 bits per heavy atom. The molecule has 5 aromatic rings. The van der Waals surface area contributed by atoms with E-state index in [1.54, 1.807) is 81.4 Å². The summed E-state index contributed by atoms with van der Waals surface area (Å²) < 4.78 is 50.3. The van der Waals surface area contributed by atoms with Gasteiger partial charge in [-0.2, -0.15) is 0 Å². The number of anilines is 1. The number of benzene rings is 3. The molecule has 6 rings (SSSR count). The van der Waals surface area contributed by atoms with Crippen LogP contribution in [0.1, 0.15) is 78.0 Å². The van der Waals surface area contributed by atoms with Crippen LogP contribution in [0.4, 0.5) is 10.5 Å². The maximum absolute atomic E-state index is 13.8. The lowest BCUT2D eigenvalue weighted by Crippen LogP contribution is -2.45. The van der Waals surface area contributed by atoms with Gasteiger partial charge in [0.2, 0.25) is 17.7 Å². The van der Waals surface area contributed by atoms with Crippen molar-refractivity contribution < 1.29 is 65.2 Å². The molecule has 1 aliphatic heterocycles. The van der Waals surface area contributed by atoms with Crippen LogP contribution < -0.4 is 31.6 Å². The number of ether oxygens (including phenoxy) is 3. The number of primary amides is 1. The fourth-order valence-electron chi connectivity index (χ4n) is 8.31. The van der Waals surface area contributed by atoms with Gasteiger partial charge in [-0.3, -0.25) is 33.7 Å². The average Bonchev–Trinajstić information content (AvgIpc) is 4.00. The number of nitrogens with one attached hydrogen (secondary N) is 4. The summed E-state index contributed by atoms with van der Waals surface area (Å²) in [6.45, 7) is 9.52. The zero-order valence-corrected chi connectivity index (χ0v) is 45.7. The van der Waals surface area contributed by atoms with Crippen molar-refractivity contribution in [2.45, 2.75) is 83.2 Å². The molecule has 3 heterocycles. The normalized spacial score (nSPS) is 13.1. The number of aryl methyl sites for hydroxylation is 2. The zero-order chi connectivity index (χ0) is 56.9. The molecule has 79 heavy (non-hydrogen) atoms. The highest BCUT2D eigenvalue weighted by molar-refractivity contribution is 7.90. The van der Waals surface area contributed by atoms with Crippen molar-refractivity contribution in [1.29, 1.82) is 0 Å². The Bertz CT molecular complexity index is 3030. The van der Waals surface area contributed by atoms with Crippen molar-refractivity contribution in [3.63, 3.8) is 0 Å². The van der Waals surface area contributed by atoms with Crippen molar-refractivity contribution in [1.82, 2.24) is 25.8 Å². The van der Waals surface area contributed by atoms with Crippen LogP contribution in [0.3, 0.4) is 0 Å². The quantitative estimate of drug-likeness (QED) is 0.0222. The molecule has 0 saturated heterocycles. The number of hydrogen-bond acceptors (Lipinski definition) is 14. The van der Waals surface area contributed by atoms with Crippen LogP contribution in [0.15, 0.2) is 119 Å². The van der Waals surface area contributed by atoms with E-state index in [1.807, 2.05) is 48.1 Å². The lowest BCUT2D eigenvalue weighted by molar-refractivity contribution is -0.688. The first-order valence-electron chi connectivity index (χ1n) is 26.0. The number of hydrogen-bond donors (Lipinski definition) is 5. The Kier molecular flexibility index (Phi) is 22.7. The number of ketones is 1. The Labute approximate surface area is 459 Å². The number of pyridine rings is 1. The SMILES string of the molecule is Cc1ccc(S(=O)(=O)Cc2nc(-c3ccc(C(=O)NCc4ccc[n+](Cc5ccc(NC(=O)[C@H](CCCNC(N)=O)CC(=O)[C@@H](NC(=O)CCOCCOCCOCCN6C(=O)C=CC6=O)C(C)C)cc5)c4)cc3)oc2C)cc1. The predicted octanol–water partition coefficient (Wildman–Crippen LogP) is 4.67. The number of urea groups is 1. The first-order chi connectivity index (χ1) is 37.8. The molecule has 0 unspecified atom stereocenters. The highest BCUT2D eigenvalue weighted by Gasteiger charge is 2.30. The Morgan fingerprint density at radius 3 is 2.11 bits per heavy atom. The summed E-state index contributed by atoms with van der Waals surface area (Å²) in [6, 6.07) is 22.8. The minimum Gasteiger partial charge on any atom is -0.441 e. The van der Waals surface area contributed by atoms with Gasteiger partial charge < -0.3 is 45.6 Å². The van der Waals surface area contributed by atoms with Crippen LogP contribution in [0.2, 0.25) is 0 Å². The third-order valence-electron chi connectivity index (χ3n) is 12.7. The van der Waals surface area contributed by atoms with Gasteiger partial charge in [0.05, 0.1) is 62.8 Å². The first-order valence-corrected chi connectivity index (χ1v) is 27.6. The van der Waals surface area contributed by atoms with Gasteiger partial charge in [-0.25, -0.2) is 22.8 Å². The molecule has 2 aromatic heterocycles. The number of Topliss-reactive ketones (excluding diaryl/α,β-unsaturated/α-hetero) is 1. The smallest absolute Gasteiger partial charge is 0.312 e. The van der Waals surface area contributed by atoms with Gasteiger partial charge in [-0.1, -0.05) is 43.7 Å². The van der Waals surface area contributed by atoms with E-state index in [0.29, 0.717) is 41.2 Å². The molecular formula is C57H69N8O13S+. The minimum atomic E-state index is -3.64. The van der Waals surface area contributed by atoms with Crippen molar-refractivity contribution in [2.75, 3.05) is 58.0 Å². The molecule has 21 nitrogen and oxygen atoms in total. The van der Waals surface area contributed by atoms with Gasteiger partial charge in [0, 0.05) is 78.0 Å². The van der Waals surface area contributed by atoms with E-state index in [4.69, 9.17) is 24.4 Å². The number of imide groups is 1. The number of amides is 7. The molecule has 2 atom stereocenters. The topological polar surface area (TPSA) is 289 Å². The van der Waals surface area contributed by atoms with Crippen LogP contribution in [0.25, 0.3) is 11.5 Å². The summed E-state index contributed by atoms with van der Waals surface area (Å²) in [5, 5.41) is 11.2. The molecule has 0 bridgehead atoms. The van der Waals surface area contributed by atoms with E-state index < -0.39 is 39.6 Å². The second-order valence-electron chi connectivity index (χ2n) is 19.3. The molecule has 0 radical (unpaired) electrons. The molecule has 22 heteroatoms. The van der Waals surface area contributed by atoms with Crippen LogP contribution in [-0.2, 0) is 66.9 Å². The number of carbonyl (C=O) groups excluding carboxylic acids is 7. The van der Waals surface area contributed by atoms with E-state index in [2.05, 4.69) is 26.3 Å². The molecular weight excluding hydrogens is 1040 g/mol. The predicted molar refractivity (Wildman–Crippen MR) is 290 cm³/mol. The molecule has 0 aliphatic carbocycles. The number of carbonyl (C=O) groups is 7. The van der Waals surface area contributed by atoms with E-state index in [1.165, 1.54) is 12.2 Å². The van der Waals surface area contributed by atoms with Gasteiger partial charge in [-0.05, 0) is 87.2 Å². The monoisotopic (exact) mass is 1110 g/mol. The lowest BCUT2D eigenvalue weighted by atomic mass is 9.89. The molecule has 6 N–H and O–H groups in total. The molecule has 1 aliphatic rings. The van der Waals surface area contributed by atoms with Crippen molar-refractivity contribution in [3.05, 3.63) is 143 Å². The summed E-state index contributed by atoms with van der Waals surface area (Å²) >= 11 is 0. The van der Waals surface area contributed by atoms with E-state index in [0.717, 1.165) is 21.6 Å². The van der Waals surface area contributed by atoms with Crippen LogP contribution in [-0.4, -0.2) is 118 Å². The molecule has 0 spiro atoms. The maximum atomic E-state index is 13.8. The van der Waals surface area contributed by atoms with Crippen LogP contribution >= 0.6 is 0 Å².